The predicted molar refractivity (Wildman–Crippen MR) is 92.2 cm³/mol. The molecule has 0 fully saturated rings. The van der Waals surface area contributed by atoms with Crippen molar-refractivity contribution in [2.45, 2.75) is 16.6 Å². The molecular formula is C17H15NO2S2. The topological polar surface area (TPSA) is 46.2 Å². The van der Waals surface area contributed by atoms with Crippen molar-refractivity contribution in [3.05, 3.63) is 60.2 Å². The second-order valence-corrected chi connectivity index (χ2v) is 6.82. The first-order valence-electron chi connectivity index (χ1n) is 6.98. The van der Waals surface area contributed by atoms with E-state index in [0.29, 0.717) is 0 Å². The molecule has 2 atom stereocenters. The summed E-state index contributed by atoms with van der Waals surface area (Å²) in [4.78, 5) is 25.1. The van der Waals surface area contributed by atoms with Gasteiger partial charge in [-0.05, 0) is 17.7 Å². The smallest absolute Gasteiger partial charge is 0.229 e. The summed E-state index contributed by atoms with van der Waals surface area (Å²) in [6.07, 6.45) is 0.121. The number of thiol groups is 1. The Labute approximate surface area is 138 Å². The van der Waals surface area contributed by atoms with Crippen LogP contribution in [-0.2, 0) is 9.59 Å². The highest BCUT2D eigenvalue weighted by Gasteiger charge is 2.35. The van der Waals surface area contributed by atoms with Gasteiger partial charge in [-0.1, -0.05) is 42.5 Å². The number of hydrogen-bond donors (Lipinski definition) is 2. The quantitative estimate of drug-likeness (QED) is 0.839. The number of benzene rings is 2. The summed E-state index contributed by atoms with van der Waals surface area (Å²) in [6, 6.07) is 17.5. The molecule has 0 saturated heterocycles. The van der Waals surface area contributed by atoms with Crippen molar-refractivity contribution in [1.29, 1.82) is 0 Å². The molecule has 2 aromatic carbocycles. The largest absolute Gasteiger partial charge is 0.325 e. The minimum atomic E-state index is -0.440. The molecule has 0 spiro atoms. The lowest BCUT2D eigenvalue weighted by molar-refractivity contribution is -0.123. The molecular weight excluding hydrogens is 314 g/mol. The van der Waals surface area contributed by atoms with Crippen LogP contribution in [0.25, 0.3) is 0 Å². The molecule has 1 aliphatic heterocycles. The van der Waals surface area contributed by atoms with Crippen LogP contribution in [0.15, 0.2) is 59.5 Å². The summed E-state index contributed by atoms with van der Waals surface area (Å²) in [7, 11) is 0. The van der Waals surface area contributed by atoms with E-state index in [1.54, 1.807) is 11.8 Å². The molecule has 112 valence electrons. The van der Waals surface area contributed by atoms with Crippen LogP contribution in [0.5, 0.6) is 0 Å². The predicted octanol–water partition coefficient (Wildman–Crippen LogP) is 3.93. The first-order chi connectivity index (χ1) is 10.6. The van der Waals surface area contributed by atoms with Gasteiger partial charge in [0.25, 0.3) is 0 Å². The van der Waals surface area contributed by atoms with E-state index >= 15 is 0 Å². The third kappa shape index (κ3) is 3.20. The van der Waals surface area contributed by atoms with E-state index in [1.807, 2.05) is 54.6 Å². The molecule has 2 aromatic rings. The highest BCUT2D eigenvalue weighted by atomic mass is 32.2. The Morgan fingerprint density at radius 3 is 2.50 bits per heavy atom. The number of para-hydroxylation sites is 1. The molecule has 0 saturated carbocycles. The van der Waals surface area contributed by atoms with Gasteiger partial charge in [-0.3, -0.25) is 9.59 Å². The van der Waals surface area contributed by atoms with Gasteiger partial charge < -0.3 is 5.32 Å². The van der Waals surface area contributed by atoms with Crippen LogP contribution in [0.2, 0.25) is 0 Å². The zero-order chi connectivity index (χ0) is 15.5. The molecule has 2 unspecified atom stereocenters. The number of fused-ring (bicyclic) bond motifs is 1. The second kappa shape index (κ2) is 6.58. The van der Waals surface area contributed by atoms with Crippen LogP contribution in [-0.4, -0.2) is 11.0 Å². The Bertz CT molecular complexity index is 703. The van der Waals surface area contributed by atoms with Crippen LogP contribution in [0.3, 0.4) is 0 Å². The molecule has 1 amide bonds. The number of amides is 1. The number of carbonyl (C=O) groups is 2. The van der Waals surface area contributed by atoms with E-state index in [4.69, 9.17) is 0 Å². The zero-order valence-corrected chi connectivity index (χ0v) is 13.4. The number of anilines is 1. The van der Waals surface area contributed by atoms with Crippen LogP contribution in [0, 0.1) is 5.92 Å². The van der Waals surface area contributed by atoms with Gasteiger partial charge in [0.2, 0.25) is 5.91 Å². The maximum Gasteiger partial charge on any atom is 0.229 e. The average Bonchev–Trinajstić information content (AvgIpc) is 2.65. The summed E-state index contributed by atoms with van der Waals surface area (Å²) < 4.78 is 0. The molecule has 3 nitrogen and oxygen atoms in total. The van der Waals surface area contributed by atoms with Gasteiger partial charge in [-0.25, -0.2) is 0 Å². The van der Waals surface area contributed by atoms with Crippen LogP contribution >= 0.6 is 24.4 Å². The van der Waals surface area contributed by atoms with Gasteiger partial charge in [-0.2, -0.15) is 0 Å². The fourth-order valence-electron chi connectivity index (χ4n) is 2.59. The van der Waals surface area contributed by atoms with E-state index in [9.17, 15) is 9.59 Å². The van der Waals surface area contributed by atoms with Crippen molar-refractivity contribution in [1.82, 2.24) is 0 Å². The van der Waals surface area contributed by atoms with Crippen molar-refractivity contribution in [3.63, 3.8) is 0 Å². The summed E-state index contributed by atoms with van der Waals surface area (Å²) in [6.45, 7) is 0. The van der Waals surface area contributed by atoms with E-state index in [0.717, 1.165) is 16.1 Å². The first-order valence-corrected chi connectivity index (χ1v) is 8.31. The number of hydrogen-bond acceptors (Lipinski definition) is 3. The monoisotopic (exact) mass is 329 g/mol. The fourth-order valence-corrected chi connectivity index (χ4v) is 4.14. The molecule has 1 aliphatic rings. The van der Waals surface area contributed by atoms with Crippen molar-refractivity contribution >= 4 is 41.1 Å². The Morgan fingerprint density at radius 1 is 1.09 bits per heavy atom. The first kappa shape index (κ1) is 15.2. The lowest BCUT2D eigenvalue weighted by atomic mass is 9.95. The molecule has 0 radical (unpaired) electrons. The Balaban J connectivity index is 2.04. The lowest BCUT2D eigenvalue weighted by Gasteiger charge is -2.22. The summed E-state index contributed by atoms with van der Waals surface area (Å²) in [5.41, 5.74) is 1.84. The van der Waals surface area contributed by atoms with Crippen LogP contribution in [0.1, 0.15) is 17.2 Å². The van der Waals surface area contributed by atoms with Crippen molar-refractivity contribution in [3.8, 4) is 0 Å². The van der Waals surface area contributed by atoms with Gasteiger partial charge >= 0.3 is 0 Å². The van der Waals surface area contributed by atoms with Gasteiger partial charge in [0.05, 0.1) is 11.6 Å². The molecule has 0 bridgehead atoms. The highest BCUT2D eigenvalue weighted by molar-refractivity contribution is 7.99. The SMILES string of the molecule is O=C(S)CC1C(=O)Nc2ccccc2SC1c1ccccc1. The fraction of sp³-hybridized carbons (Fsp3) is 0.176. The van der Waals surface area contributed by atoms with E-state index < -0.39 is 5.92 Å². The normalized spacial score (nSPS) is 20.7. The van der Waals surface area contributed by atoms with Crippen molar-refractivity contribution in [2.24, 2.45) is 5.92 Å². The van der Waals surface area contributed by atoms with E-state index in [-0.39, 0.29) is 22.7 Å². The minimum Gasteiger partial charge on any atom is -0.325 e. The zero-order valence-electron chi connectivity index (χ0n) is 11.7. The number of thioether (sulfide) groups is 1. The third-order valence-electron chi connectivity index (χ3n) is 3.62. The molecule has 0 aromatic heterocycles. The van der Waals surface area contributed by atoms with Crippen molar-refractivity contribution in [2.75, 3.05) is 5.32 Å². The van der Waals surface area contributed by atoms with Crippen molar-refractivity contribution < 1.29 is 9.59 Å². The molecule has 3 rings (SSSR count). The molecule has 22 heavy (non-hydrogen) atoms. The third-order valence-corrected chi connectivity index (χ3v) is 5.27. The Hall–Kier alpha value is -1.72. The number of carbonyl (C=O) groups excluding carboxylic acids is 2. The summed E-state index contributed by atoms with van der Waals surface area (Å²) in [5, 5.41) is 2.55. The lowest BCUT2D eigenvalue weighted by Crippen LogP contribution is -2.26. The van der Waals surface area contributed by atoms with Gasteiger partial charge in [0.15, 0.2) is 5.12 Å². The highest BCUT2D eigenvalue weighted by Crippen LogP contribution is 2.47. The Kier molecular flexibility index (Phi) is 4.55. The minimum absolute atomic E-state index is 0.110. The maximum atomic E-state index is 12.6. The summed E-state index contributed by atoms with van der Waals surface area (Å²) >= 11 is 5.49. The molecule has 0 aliphatic carbocycles. The van der Waals surface area contributed by atoms with Gasteiger partial charge in [0.1, 0.15) is 0 Å². The molecule has 5 heteroatoms. The van der Waals surface area contributed by atoms with Gasteiger partial charge in [-0.15, -0.1) is 24.4 Å². The van der Waals surface area contributed by atoms with E-state index in [1.165, 1.54) is 0 Å². The number of rotatable bonds is 3. The van der Waals surface area contributed by atoms with Crippen LogP contribution in [0.4, 0.5) is 5.69 Å². The average molecular weight is 329 g/mol. The maximum absolute atomic E-state index is 12.6. The number of nitrogens with one attached hydrogen (secondary N) is 1. The Morgan fingerprint density at radius 2 is 1.77 bits per heavy atom. The molecule has 1 N–H and O–H groups in total. The van der Waals surface area contributed by atoms with Gasteiger partial charge in [0, 0.05) is 16.6 Å². The molecule has 1 heterocycles. The second-order valence-electron chi connectivity index (χ2n) is 5.14. The summed E-state index contributed by atoms with van der Waals surface area (Å²) in [5.74, 6) is -0.571. The van der Waals surface area contributed by atoms with E-state index in [2.05, 4.69) is 17.9 Å². The standard InChI is InChI=1S/C17H15NO2S2/c19-15(21)10-12-16(11-6-2-1-3-7-11)22-14-9-5-4-8-13(14)18-17(12)20/h1-9,12,16H,10H2,(H,18,20)(H,19,21). The van der Waals surface area contributed by atoms with Crippen LogP contribution < -0.4 is 5.32 Å².